The number of aromatic nitrogens is 1. The number of carbonyl (C=O) groups is 1. The van der Waals surface area contributed by atoms with Crippen molar-refractivity contribution in [1.29, 1.82) is 0 Å². The van der Waals surface area contributed by atoms with Crippen molar-refractivity contribution in [3.8, 4) is 0 Å². The molecule has 0 saturated carbocycles. The van der Waals surface area contributed by atoms with Gasteiger partial charge in [0.2, 0.25) is 0 Å². The second-order valence-corrected chi connectivity index (χ2v) is 5.74. The molecule has 1 fully saturated rings. The van der Waals surface area contributed by atoms with Gasteiger partial charge in [-0.3, -0.25) is 4.79 Å². The van der Waals surface area contributed by atoms with E-state index in [1.54, 1.807) is 12.1 Å². The summed E-state index contributed by atoms with van der Waals surface area (Å²) in [7, 11) is 0. The molecule has 5 nitrogen and oxygen atoms in total. The van der Waals surface area contributed by atoms with Crippen LogP contribution in [0.3, 0.4) is 0 Å². The summed E-state index contributed by atoms with van der Waals surface area (Å²) in [5, 5.41) is 6.52. The molecule has 116 valence electrons. The smallest absolute Gasteiger partial charge is 0.271 e. The van der Waals surface area contributed by atoms with Gasteiger partial charge in [0.1, 0.15) is 11.5 Å². The van der Waals surface area contributed by atoms with Gasteiger partial charge in [0.25, 0.3) is 5.91 Å². The van der Waals surface area contributed by atoms with Gasteiger partial charge in [0.05, 0.1) is 11.1 Å². The van der Waals surface area contributed by atoms with Gasteiger partial charge in [-0.15, -0.1) is 0 Å². The zero-order chi connectivity index (χ0) is 15.2. The second kappa shape index (κ2) is 7.61. The lowest BCUT2D eigenvalue weighted by Gasteiger charge is -2.27. The highest BCUT2D eigenvalue weighted by atomic mass is 35.5. The summed E-state index contributed by atoms with van der Waals surface area (Å²) >= 11 is 6.10. The molecule has 0 aliphatic carbocycles. The Morgan fingerprint density at radius 2 is 2.33 bits per heavy atom. The minimum absolute atomic E-state index is 0.117. The van der Waals surface area contributed by atoms with Crippen molar-refractivity contribution in [3.63, 3.8) is 0 Å². The van der Waals surface area contributed by atoms with E-state index in [1.165, 1.54) is 0 Å². The molecule has 2 unspecified atom stereocenters. The molecule has 1 aromatic heterocycles. The average molecular weight is 312 g/mol. The Hall–Kier alpha value is -1.33. The number of anilines is 1. The van der Waals surface area contributed by atoms with E-state index in [9.17, 15) is 4.79 Å². The van der Waals surface area contributed by atoms with Crippen LogP contribution in [0, 0.1) is 0 Å². The van der Waals surface area contributed by atoms with Crippen LogP contribution in [-0.4, -0.2) is 36.2 Å². The number of hydrogen-bond donors (Lipinski definition) is 2. The number of hydrogen-bond acceptors (Lipinski definition) is 4. The van der Waals surface area contributed by atoms with Crippen molar-refractivity contribution >= 4 is 23.3 Å². The Balaban J connectivity index is 2.03. The van der Waals surface area contributed by atoms with E-state index in [0.717, 1.165) is 25.8 Å². The molecule has 1 aromatic rings. The van der Waals surface area contributed by atoms with Crippen molar-refractivity contribution in [3.05, 3.63) is 22.8 Å². The number of nitrogens with zero attached hydrogens (tertiary/aromatic N) is 1. The molecule has 1 saturated heterocycles. The van der Waals surface area contributed by atoms with E-state index in [4.69, 9.17) is 16.3 Å². The SMILES string of the molecule is CCCNc1ccc(Cl)c(C(=O)NC2CCOC(C)C2)n1. The zero-order valence-corrected chi connectivity index (χ0v) is 13.2. The van der Waals surface area contributed by atoms with Gasteiger partial charge >= 0.3 is 0 Å². The molecule has 2 heterocycles. The quantitative estimate of drug-likeness (QED) is 0.877. The number of amides is 1. The molecular weight excluding hydrogens is 290 g/mol. The Kier molecular flexibility index (Phi) is 5.82. The van der Waals surface area contributed by atoms with E-state index in [2.05, 4.69) is 22.5 Å². The molecular formula is C15H22ClN3O2. The van der Waals surface area contributed by atoms with Crippen molar-refractivity contribution in [2.75, 3.05) is 18.5 Å². The maximum Gasteiger partial charge on any atom is 0.271 e. The van der Waals surface area contributed by atoms with Crippen molar-refractivity contribution in [2.45, 2.75) is 45.3 Å². The third-order valence-electron chi connectivity index (χ3n) is 3.44. The summed E-state index contributed by atoms with van der Waals surface area (Å²) in [6.45, 7) is 5.57. The fourth-order valence-corrected chi connectivity index (χ4v) is 2.53. The molecule has 0 aromatic carbocycles. The Bertz CT molecular complexity index is 496. The Labute approximate surface area is 130 Å². The summed E-state index contributed by atoms with van der Waals surface area (Å²) in [5.74, 6) is 0.450. The summed E-state index contributed by atoms with van der Waals surface area (Å²) in [4.78, 5) is 16.6. The van der Waals surface area contributed by atoms with Crippen LogP contribution < -0.4 is 10.6 Å². The third kappa shape index (κ3) is 4.58. The summed E-state index contributed by atoms with van der Waals surface area (Å²) in [6, 6.07) is 3.60. The van der Waals surface area contributed by atoms with Crippen molar-refractivity contribution in [2.24, 2.45) is 0 Å². The number of carbonyl (C=O) groups excluding carboxylic acids is 1. The van der Waals surface area contributed by atoms with E-state index in [1.807, 2.05) is 6.92 Å². The number of nitrogens with one attached hydrogen (secondary N) is 2. The maximum absolute atomic E-state index is 12.3. The van der Waals surface area contributed by atoms with Gasteiger partial charge in [-0.25, -0.2) is 4.98 Å². The topological polar surface area (TPSA) is 63.2 Å². The minimum Gasteiger partial charge on any atom is -0.378 e. The summed E-state index contributed by atoms with van der Waals surface area (Å²) in [6.07, 6.45) is 2.80. The number of halogens is 1. The molecule has 0 radical (unpaired) electrons. The maximum atomic E-state index is 12.3. The highest BCUT2D eigenvalue weighted by Gasteiger charge is 2.23. The molecule has 1 aliphatic rings. The van der Waals surface area contributed by atoms with Crippen LogP contribution in [-0.2, 0) is 4.74 Å². The molecule has 0 bridgehead atoms. The largest absolute Gasteiger partial charge is 0.378 e. The molecule has 6 heteroatoms. The molecule has 2 rings (SSSR count). The average Bonchev–Trinajstić information content (AvgIpc) is 2.46. The van der Waals surface area contributed by atoms with Crippen LogP contribution in [0.2, 0.25) is 5.02 Å². The van der Waals surface area contributed by atoms with Crippen LogP contribution in [0.1, 0.15) is 43.6 Å². The molecule has 21 heavy (non-hydrogen) atoms. The fraction of sp³-hybridized carbons (Fsp3) is 0.600. The van der Waals surface area contributed by atoms with Gasteiger partial charge in [-0.1, -0.05) is 18.5 Å². The van der Waals surface area contributed by atoms with Crippen LogP contribution in [0.25, 0.3) is 0 Å². The summed E-state index contributed by atoms with van der Waals surface area (Å²) in [5.41, 5.74) is 0.275. The van der Waals surface area contributed by atoms with Crippen LogP contribution >= 0.6 is 11.6 Å². The lowest BCUT2D eigenvalue weighted by molar-refractivity contribution is 0.0136. The predicted molar refractivity (Wildman–Crippen MR) is 83.9 cm³/mol. The lowest BCUT2D eigenvalue weighted by Crippen LogP contribution is -2.41. The first kappa shape index (κ1) is 16.0. The van der Waals surface area contributed by atoms with Crippen LogP contribution in [0.15, 0.2) is 12.1 Å². The fourth-order valence-electron chi connectivity index (χ4n) is 2.34. The Morgan fingerprint density at radius 1 is 1.52 bits per heavy atom. The van der Waals surface area contributed by atoms with Crippen molar-refractivity contribution < 1.29 is 9.53 Å². The normalized spacial score (nSPS) is 21.9. The van der Waals surface area contributed by atoms with Crippen molar-refractivity contribution in [1.82, 2.24) is 10.3 Å². The first-order valence-electron chi connectivity index (χ1n) is 7.43. The van der Waals surface area contributed by atoms with E-state index >= 15 is 0 Å². The van der Waals surface area contributed by atoms with Crippen LogP contribution in [0.4, 0.5) is 5.82 Å². The zero-order valence-electron chi connectivity index (χ0n) is 12.5. The van der Waals surface area contributed by atoms with E-state index in [0.29, 0.717) is 17.4 Å². The Morgan fingerprint density at radius 3 is 3.05 bits per heavy atom. The highest BCUT2D eigenvalue weighted by molar-refractivity contribution is 6.33. The monoisotopic (exact) mass is 311 g/mol. The molecule has 2 atom stereocenters. The summed E-state index contributed by atoms with van der Waals surface area (Å²) < 4.78 is 5.48. The molecule has 1 aliphatic heterocycles. The van der Waals surface area contributed by atoms with E-state index in [-0.39, 0.29) is 23.7 Å². The van der Waals surface area contributed by atoms with Gasteiger partial charge in [-0.2, -0.15) is 0 Å². The molecule has 2 N–H and O–H groups in total. The first-order valence-corrected chi connectivity index (χ1v) is 7.80. The number of rotatable bonds is 5. The van der Waals surface area contributed by atoms with Gasteiger partial charge in [0, 0.05) is 19.2 Å². The number of pyridine rings is 1. The second-order valence-electron chi connectivity index (χ2n) is 5.33. The standard InChI is InChI=1S/C15H22ClN3O2/c1-3-7-17-13-5-4-12(16)14(19-13)15(20)18-11-6-8-21-10(2)9-11/h4-5,10-11H,3,6-9H2,1-2H3,(H,17,19)(H,18,20). The van der Waals surface area contributed by atoms with Gasteiger partial charge < -0.3 is 15.4 Å². The molecule has 1 amide bonds. The first-order chi connectivity index (χ1) is 10.1. The third-order valence-corrected chi connectivity index (χ3v) is 3.74. The van der Waals surface area contributed by atoms with E-state index < -0.39 is 0 Å². The predicted octanol–water partition coefficient (Wildman–Crippen LogP) is 2.85. The van der Waals surface area contributed by atoms with Crippen LogP contribution in [0.5, 0.6) is 0 Å². The minimum atomic E-state index is -0.223. The number of ether oxygens (including phenoxy) is 1. The lowest BCUT2D eigenvalue weighted by atomic mass is 10.0. The molecule has 0 spiro atoms. The van der Waals surface area contributed by atoms with Gasteiger partial charge in [-0.05, 0) is 38.3 Å². The van der Waals surface area contributed by atoms with Gasteiger partial charge in [0.15, 0.2) is 0 Å². The highest BCUT2D eigenvalue weighted by Crippen LogP contribution is 2.18.